The first-order valence-electron chi connectivity index (χ1n) is 7.91. The zero-order valence-electron chi connectivity index (χ0n) is 14.5. The molecular formula is C17H20N3O6P. The number of aliphatic hydroxyl groups is 1. The van der Waals surface area contributed by atoms with Gasteiger partial charge in [-0.1, -0.05) is 18.2 Å². The molecule has 27 heavy (non-hydrogen) atoms. The van der Waals surface area contributed by atoms with Gasteiger partial charge in [-0.05, 0) is 43.3 Å². The number of benzene rings is 2. The fourth-order valence-corrected chi connectivity index (χ4v) is 2.37. The van der Waals surface area contributed by atoms with Gasteiger partial charge in [0.1, 0.15) is 0 Å². The third-order valence-electron chi connectivity index (χ3n) is 3.61. The molecule has 0 radical (unpaired) electrons. The van der Waals surface area contributed by atoms with E-state index in [-0.39, 0.29) is 0 Å². The van der Waals surface area contributed by atoms with Crippen LogP contribution in [0, 0.1) is 5.41 Å². The number of phosphoric acid groups is 1. The van der Waals surface area contributed by atoms with Crippen molar-refractivity contribution >= 4 is 30.8 Å². The van der Waals surface area contributed by atoms with E-state index in [0.717, 1.165) is 0 Å². The van der Waals surface area contributed by atoms with Crippen LogP contribution in [0.4, 0.5) is 17.1 Å². The maximum Gasteiger partial charge on any atom is 0.469 e. The lowest BCUT2D eigenvalue weighted by Crippen LogP contribution is -2.40. The van der Waals surface area contributed by atoms with Crippen LogP contribution >= 0.6 is 7.82 Å². The fraction of sp³-hybridized carbons (Fsp3) is 0.235. The monoisotopic (exact) mass is 393 g/mol. The number of amides is 1. The molecule has 0 fully saturated rings. The van der Waals surface area contributed by atoms with E-state index in [9.17, 15) is 14.5 Å². The summed E-state index contributed by atoms with van der Waals surface area (Å²) in [5.74, 6) is -0.642. The largest absolute Gasteiger partial charge is 0.469 e. The molecule has 0 saturated carbocycles. The summed E-state index contributed by atoms with van der Waals surface area (Å²) >= 11 is 0. The van der Waals surface area contributed by atoms with Crippen LogP contribution in [0.15, 0.2) is 64.8 Å². The van der Waals surface area contributed by atoms with E-state index in [4.69, 9.17) is 9.79 Å². The Hall–Kier alpha value is -2.42. The summed E-state index contributed by atoms with van der Waals surface area (Å²) in [7, 11) is -4.75. The minimum atomic E-state index is -4.75. The maximum atomic E-state index is 12.3. The lowest BCUT2D eigenvalue weighted by Gasteiger charge is -2.25. The highest BCUT2D eigenvalue weighted by Gasteiger charge is 2.35. The van der Waals surface area contributed by atoms with Crippen LogP contribution in [0.5, 0.6) is 0 Å². The molecule has 10 heteroatoms. The van der Waals surface area contributed by atoms with E-state index in [1.54, 1.807) is 24.3 Å². The molecule has 0 aromatic heterocycles. The van der Waals surface area contributed by atoms with Crippen LogP contribution < -0.4 is 5.32 Å². The summed E-state index contributed by atoms with van der Waals surface area (Å²) in [5, 5.41) is 20.2. The number of rotatable bonds is 8. The highest BCUT2D eigenvalue weighted by molar-refractivity contribution is 7.46. The normalized spacial score (nSPS) is 14.1. The van der Waals surface area contributed by atoms with Crippen LogP contribution in [0.1, 0.15) is 6.92 Å². The zero-order chi connectivity index (χ0) is 19.9. The number of hydrogen-bond donors (Lipinski definition) is 4. The van der Waals surface area contributed by atoms with Crippen LogP contribution in [0.2, 0.25) is 0 Å². The number of carbonyl (C=O) groups is 1. The molecule has 0 aliphatic heterocycles. The van der Waals surface area contributed by atoms with Crippen molar-refractivity contribution in [3.8, 4) is 0 Å². The van der Waals surface area contributed by atoms with Crippen molar-refractivity contribution in [1.29, 1.82) is 0 Å². The molecule has 2 aromatic rings. The first-order chi connectivity index (χ1) is 12.7. The Bertz CT molecular complexity index is 838. The third-order valence-corrected chi connectivity index (χ3v) is 4.08. The van der Waals surface area contributed by atoms with E-state index >= 15 is 0 Å². The predicted molar refractivity (Wildman–Crippen MR) is 98.9 cm³/mol. The molecule has 4 N–H and O–H groups in total. The molecule has 1 atom stereocenters. The van der Waals surface area contributed by atoms with Gasteiger partial charge in [0.15, 0.2) is 0 Å². The highest BCUT2D eigenvalue weighted by atomic mass is 31.2. The second-order valence-electron chi connectivity index (χ2n) is 6.02. The van der Waals surface area contributed by atoms with Gasteiger partial charge in [-0.2, -0.15) is 10.2 Å². The van der Waals surface area contributed by atoms with Gasteiger partial charge in [0.25, 0.3) is 0 Å². The fourth-order valence-electron chi connectivity index (χ4n) is 1.91. The minimum Gasteiger partial charge on any atom is -0.395 e. The van der Waals surface area contributed by atoms with E-state index in [1.807, 2.05) is 30.3 Å². The summed E-state index contributed by atoms with van der Waals surface area (Å²) in [6.45, 7) is 0.0472. The van der Waals surface area contributed by atoms with Gasteiger partial charge >= 0.3 is 7.82 Å². The molecule has 0 saturated heterocycles. The van der Waals surface area contributed by atoms with E-state index in [0.29, 0.717) is 17.1 Å². The zero-order valence-corrected chi connectivity index (χ0v) is 15.4. The van der Waals surface area contributed by atoms with Gasteiger partial charge < -0.3 is 20.2 Å². The number of nitrogens with zero attached hydrogens (tertiary/aromatic N) is 2. The van der Waals surface area contributed by atoms with E-state index in [1.165, 1.54) is 6.92 Å². The number of carbonyl (C=O) groups excluding carboxylic acids is 1. The molecule has 0 spiro atoms. The Labute approximate surface area is 156 Å². The van der Waals surface area contributed by atoms with Crippen LogP contribution in [-0.4, -0.2) is 34.0 Å². The SMILES string of the molecule is CC(CO)(COP(=O)(O)O)C(=O)Nc1ccc(N=Nc2ccccc2)cc1. The molecule has 144 valence electrons. The second kappa shape index (κ2) is 8.98. The van der Waals surface area contributed by atoms with E-state index < -0.39 is 32.4 Å². The summed E-state index contributed by atoms with van der Waals surface area (Å²) < 4.78 is 15.2. The van der Waals surface area contributed by atoms with Gasteiger partial charge in [-0.3, -0.25) is 9.32 Å². The van der Waals surface area contributed by atoms with Crippen molar-refractivity contribution < 1.29 is 28.8 Å². The summed E-state index contributed by atoms with van der Waals surface area (Å²) in [4.78, 5) is 29.9. The molecule has 1 unspecified atom stereocenters. The third kappa shape index (κ3) is 6.67. The van der Waals surface area contributed by atoms with Gasteiger partial charge in [-0.25, -0.2) is 4.57 Å². The number of nitrogens with one attached hydrogen (secondary N) is 1. The minimum absolute atomic E-state index is 0.425. The van der Waals surface area contributed by atoms with Gasteiger partial charge in [0.05, 0.1) is 30.0 Å². The topological polar surface area (TPSA) is 141 Å². The summed E-state index contributed by atoms with van der Waals surface area (Å²) in [5.41, 5.74) is 0.187. The van der Waals surface area contributed by atoms with Crippen LogP contribution in [0.25, 0.3) is 0 Å². The Morgan fingerprint density at radius 3 is 2.15 bits per heavy atom. The molecular weight excluding hydrogens is 373 g/mol. The van der Waals surface area contributed by atoms with Crippen molar-refractivity contribution in [2.45, 2.75) is 6.92 Å². The van der Waals surface area contributed by atoms with Crippen molar-refractivity contribution in [3.05, 3.63) is 54.6 Å². The number of anilines is 1. The van der Waals surface area contributed by atoms with Gasteiger partial charge in [-0.15, -0.1) is 0 Å². The summed E-state index contributed by atoms with van der Waals surface area (Å²) in [6.07, 6.45) is 0. The second-order valence-corrected chi connectivity index (χ2v) is 7.26. The standard InChI is InChI=1S/C17H20N3O6P/c1-17(11-21,12-26-27(23,24)25)16(22)18-13-7-9-15(10-8-13)20-19-14-5-3-2-4-6-14/h2-10,21H,11-12H2,1H3,(H,18,22)(H2,23,24,25). The Morgan fingerprint density at radius 1 is 1.07 bits per heavy atom. The maximum absolute atomic E-state index is 12.3. The van der Waals surface area contributed by atoms with E-state index in [2.05, 4.69) is 20.1 Å². The molecule has 2 aromatic carbocycles. The molecule has 0 heterocycles. The quantitative estimate of drug-likeness (QED) is 0.401. The molecule has 0 bridgehead atoms. The first kappa shape index (κ1) is 20.9. The highest BCUT2D eigenvalue weighted by Crippen LogP contribution is 2.38. The van der Waals surface area contributed by atoms with Gasteiger partial charge in [0, 0.05) is 5.69 Å². The number of aliphatic hydroxyl groups excluding tert-OH is 1. The number of azo groups is 1. The van der Waals surface area contributed by atoms with Crippen molar-refractivity contribution in [2.24, 2.45) is 15.6 Å². The molecule has 9 nitrogen and oxygen atoms in total. The molecule has 1 amide bonds. The van der Waals surface area contributed by atoms with Crippen LogP contribution in [-0.2, 0) is 13.9 Å². The first-order valence-corrected chi connectivity index (χ1v) is 9.44. The Kier molecular flexibility index (Phi) is 6.95. The summed E-state index contributed by atoms with van der Waals surface area (Å²) in [6, 6.07) is 15.7. The number of phosphoric ester groups is 1. The lowest BCUT2D eigenvalue weighted by molar-refractivity contribution is -0.128. The average Bonchev–Trinajstić information content (AvgIpc) is 2.65. The van der Waals surface area contributed by atoms with Crippen molar-refractivity contribution in [3.63, 3.8) is 0 Å². The lowest BCUT2D eigenvalue weighted by atomic mass is 9.92. The van der Waals surface area contributed by atoms with Gasteiger partial charge in [0.2, 0.25) is 5.91 Å². The predicted octanol–water partition coefficient (Wildman–Crippen LogP) is 3.15. The molecule has 2 rings (SSSR count). The Balaban J connectivity index is 2.01. The van der Waals surface area contributed by atoms with Crippen LogP contribution in [0.3, 0.4) is 0 Å². The Morgan fingerprint density at radius 2 is 1.63 bits per heavy atom. The average molecular weight is 393 g/mol. The van der Waals surface area contributed by atoms with Crippen molar-refractivity contribution in [2.75, 3.05) is 18.5 Å². The smallest absolute Gasteiger partial charge is 0.395 e. The molecule has 0 aliphatic carbocycles. The van der Waals surface area contributed by atoms with Crippen molar-refractivity contribution in [1.82, 2.24) is 0 Å². The number of hydrogen-bond acceptors (Lipinski definition) is 6. The molecule has 0 aliphatic rings.